The van der Waals surface area contributed by atoms with Crippen LogP contribution in [0.25, 0.3) is 0 Å². The summed E-state index contributed by atoms with van der Waals surface area (Å²) >= 11 is 0. The Balaban J connectivity index is 2.73. The van der Waals surface area contributed by atoms with Crippen molar-refractivity contribution in [2.45, 2.75) is 26.4 Å². The minimum atomic E-state index is -1.04. The largest absolute Gasteiger partial charge is 0.350 e. The molecule has 18 heavy (non-hydrogen) atoms. The fraction of sp³-hybridized carbons (Fsp3) is 0.417. The first-order valence-corrected chi connectivity index (χ1v) is 5.49. The highest BCUT2D eigenvalue weighted by molar-refractivity contribution is 5.81. The first-order valence-electron chi connectivity index (χ1n) is 5.49. The predicted octanol–water partition coefficient (Wildman–Crippen LogP) is 1.70. The maximum absolute atomic E-state index is 13.3. The Bertz CT molecular complexity index is 426. The summed E-state index contributed by atoms with van der Waals surface area (Å²) < 4.78 is 39.2. The molecule has 1 aromatic rings. The van der Waals surface area contributed by atoms with E-state index in [9.17, 15) is 18.0 Å². The van der Waals surface area contributed by atoms with Crippen LogP contribution in [0.15, 0.2) is 12.1 Å². The number of benzene rings is 1. The highest BCUT2D eigenvalue weighted by Gasteiger charge is 2.18. The van der Waals surface area contributed by atoms with Crippen LogP contribution in [0.3, 0.4) is 0 Å². The molecule has 0 heterocycles. The topological polar surface area (TPSA) is 55.1 Å². The number of rotatable bonds is 4. The van der Waals surface area contributed by atoms with E-state index in [0.717, 1.165) is 0 Å². The lowest BCUT2D eigenvalue weighted by molar-refractivity contribution is -0.123. The van der Waals surface area contributed by atoms with Gasteiger partial charge in [0.25, 0.3) is 0 Å². The van der Waals surface area contributed by atoms with Crippen LogP contribution in [0.2, 0.25) is 0 Å². The van der Waals surface area contributed by atoms with Crippen LogP contribution in [0.4, 0.5) is 13.2 Å². The molecule has 3 N–H and O–H groups in total. The minimum Gasteiger partial charge on any atom is -0.350 e. The van der Waals surface area contributed by atoms with E-state index in [1.807, 2.05) is 0 Å². The van der Waals surface area contributed by atoms with Gasteiger partial charge in [-0.3, -0.25) is 4.79 Å². The first-order chi connectivity index (χ1) is 8.32. The van der Waals surface area contributed by atoms with E-state index in [1.165, 1.54) is 0 Å². The van der Waals surface area contributed by atoms with E-state index in [0.29, 0.717) is 12.1 Å². The summed E-state index contributed by atoms with van der Waals surface area (Å²) in [6, 6.07) is 0.372. The van der Waals surface area contributed by atoms with Crippen molar-refractivity contribution in [3.63, 3.8) is 0 Å². The van der Waals surface area contributed by atoms with Crippen LogP contribution >= 0.6 is 0 Å². The van der Waals surface area contributed by atoms with E-state index in [2.05, 4.69) is 5.32 Å². The molecule has 0 fully saturated rings. The number of halogens is 3. The minimum absolute atomic E-state index is 0.0899. The van der Waals surface area contributed by atoms with Gasteiger partial charge in [0.15, 0.2) is 0 Å². The molecule has 0 aliphatic heterocycles. The van der Waals surface area contributed by atoms with Gasteiger partial charge >= 0.3 is 0 Å². The van der Waals surface area contributed by atoms with E-state index < -0.39 is 29.4 Å². The quantitative estimate of drug-likeness (QED) is 0.865. The van der Waals surface area contributed by atoms with E-state index in [1.54, 1.807) is 13.8 Å². The molecule has 1 rings (SSSR count). The molecule has 100 valence electrons. The third-order valence-electron chi connectivity index (χ3n) is 2.57. The van der Waals surface area contributed by atoms with Crippen molar-refractivity contribution >= 4 is 5.91 Å². The molecule has 0 spiro atoms. The zero-order chi connectivity index (χ0) is 13.9. The van der Waals surface area contributed by atoms with E-state index in [-0.39, 0.29) is 18.0 Å². The maximum Gasteiger partial charge on any atom is 0.237 e. The second kappa shape index (κ2) is 5.86. The van der Waals surface area contributed by atoms with Gasteiger partial charge in [-0.25, -0.2) is 13.2 Å². The second-order valence-corrected chi connectivity index (χ2v) is 4.34. The molecule has 0 saturated carbocycles. The lowest BCUT2D eigenvalue weighted by Crippen LogP contribution is -2.43. The van der Waals surface area contributed by atoms with Crippen LogP contribution in [0.5, 0.6) is 0 Å². The molecule has 0 aliphatic rings. The summed E-state index contributed by atoms with van der Waals surface area (Å²) in [6.07, 6.45) is 0. The predicted molar refractivity (Wildman–Crippen MR) is 61.0 cm³/mol. The fourth-order valence-electron chi connectivity index (χ4n) is 1.34. The second-order valence-electron chi connectivity index (χ2n) is 4.34. The van der Waals surface area contributed by atoms with Crippen molar-refractivity contribution in [3.05, 3.63) is 35.1 Å². The standard InChI is InChI=1S/C12H15F3N2O/c1-6(2)11(16)12(18)17-5-8-9(14)3-7(13)4-10(8)15/h3-4,6,11H,5,16H2,1-2H3,(H,17,18). The first kappa shape index (κ1) is 14.5. The molecule has 1 amide bonds. The summed E-state index contributed by atoms with van der Waals surface area (Å²) in [6.45, 7) is 3.14. The molecule has 0 radical (unpaired) electrons. The molecule has 0 aliphatic carbocycles. The van der Waals surface area contributed by atoms with Crippen LogP contribution in [-0.2, 0) is 11.3 Å². The molecule has 0 aromatic heterocycles. The summed E-state index contributed by atoms with van der Waals surface area (Å²) in [5, 5.41) is 2.31. The van der Waals surface area contributed by atoms with Gasteiger partial charge in [0.2, 0.25) is 5.91 Å². The maximum atomic E-state index is 13.3. The average Bonchev–Trinajstić information content (AvgIpc) is 2.25. The van der Waals surface area contributed by atoms with Crippen LogP contribution in [0, 0.1) is 23.4 Å². The number of carbonyl (C=O) groups excluding carboxylic acids is 1. The van der Waals surface area contributed by atoms with Gasteiger partial charge in [0, 0.05) is 24.2 Å². The van der Waals surface area contributed by atoms with Gasteiger partial charge in [-0.15, -0.1) is 0 Å². The Morgan fingerprint density at radius 2 is 1.78 bits per heavy atom. The zero-order valence-corrected chi connectivity index (χ0v) is 10.1. The average molecular weight is 260 g/mol. The van der Waals surface area contributed by atoms with E-state index >= 15 is 0 Å². The molecule has 1 atom stereocenters. The lowest BCUT2D eigenvalue weighted by Gasteiger charge is -2.15. The Morgan fingerprint density at radius 1 is 1.28 bits per heavy atom. The number of nitrogens with two attached hydrogens (primary N) is 1. The summed E-state index contributed by atoms with van der Waals surface area (Å²) in [5.41, 5.74) is 5.18. The monoisotopic (exact) mass is 260 g/mol. The van der Waals surface area contributed by atoms with Crippen LogP contribution in [-0.4, -0.2) is 11.9 Å². The van der Waals surface area contributed by atoms with Gasteiger partial charge in [-0.2, -0.15) is 0 Å². The Hall–Kier alpha value is -1.56. The molecular formula is C12H15F3N2O. The molecule has 1 aromatic carbocycles. The third kappa shape index (κ3) is 3.46. The molecule has 6 heteroatoms. The lowest BCUT2D eigenvalue weighted by atomic mass is 10.0. The molecule has 1 unspecified atom stereocenters. The zero-order valence-electron chi connectivity index (χ0n) is 10.1. The number of hydrogen-bond donors (Lipinski definition) is 2. The van der Waals surface area contributed by atoms with Crippen LogP contribution < -0.4 is 11.1 Å². The number of carbonyl (C=O) groups is 1. The van der Waals surface area contributed by atoms with Crippen molar-refractivity contribution in [1.29, 1.82) is 0 Å². The number of amides is 1. The van der Waals surface area contributed by atoms with Crippen molar-refractivity contribution in [2.75, 3.05) is 0 Å². The van der Waals surface area contributed by atoms with Gasteiger partial charge in [-0.05, 0) is 5.92 Å². The molecule has 0 bridgehead atoms. The van der Waals surface area contributed by atoms with Gasteiger partial charge in [0.05, 0.1) is 6.04 Å². The van der Waals surface area contributed by atoms with Gasteiger partial charge in [0.1, 0.15) is 17.5 Å². The fourth-order valence-corrected chi connectivity index (χ4v) is 1.34. The third-order valence-corrected chi connectivity index (χ3v) is 2.57. The van der Waals surface area contributed by atoms with Crippen molar-refractivity contribution in [1.82, 2.24) is 5.32 Å². The summed E-state index contributed by atoms with van der Waals surface area (Å²) in [7, 11) is 0. The smallest absolute Gasteiger partial charge is 0.237 e. The molecule has 0 saturated heterocycles. The number of hydrogen-bond acceptors (Lipinski definition) is 2. The Labute approximate surface area is 103 Å². The normalized spacial score (nSPS) is 12.6. The summed E-state index contributed by atoms with van der Waals surface area (Å²) in [4.78, 5) is 11.5. The van der Waals surface area contributed by atoms with Gasteiger partial charge < -0.3 is 11.1 Å². The Morgan fingerprint density at radius 3 is 2.22 bits per heavy atom. The highest BCUT2D eigenvalue weighted by Crippen LogP contribution is 2.14. The Kier molecular flexibility index (Phi) is 4.72. The van der Waals surface area contributed by atoms with Crippen molar-refractivity contribution < 1.29 is 18.0 Å². The van der Waals surface area contributed by atoms with E-state index in [4.69, 9.17) is 5.73 Å². The number of nitrogens with one attached hydrogen (secondary N) is 1. The SMILES string of the molecule is CC(C)C(N)C(=O)NCc1c(F)cc(F)cc1F. The molecular weight excluding hydrogens is 245 g/mol. The van der Waals surface area contributed by atoms with Crippen LogP contribution in [0.1, 0.15) is 19.4 Å². The van der Waals surface area contributed by atoms with Gasteiger partial charge in [-0.1, -0.05) is 13.8 Å². The van der Waals surface area contributed by atoms with Crippen molar-refractivity contribution in [3.8, 4) is 0 Å². The summed E-state index contributed by atoms with van der Waals surface area (Å²) in [5.74, 6) is -3.67. The highest BCUT2D eigenvalue weighted by atomic mass is 19.1. The van der Waals surface area contributed by atoms with Crippen molar-refractivity contribution in [2.24, 2.45) is 11.7 Å². The molecule has 3 nitrogen and oxygen atoms in total.